The van der Waals surface area contributed by atoms with Crippen LogP contribution < -0.4 is 5.32 Å². The van der Waals surface area contributed by atoms with Gasteiger partial charge >= 0.3 is 5.76 Å². The van der Waals surface area contributed by atoms with Gasteiger partial charge in [-0.25, -0.2) is 18.1 Å². The zero-order valence-corrected chi connectivity index (χ0v) is 13.3. The Kier molecular flexibility index (Phi) is 4.15. The number of carbonyl (C=O) groups is 1. The Hall–Kier alpha value is -1.88. The maximum Gasteiger partial charge on any atom is 0.341 e. The molecule has 1 aliphatic heterocycles. The zero-order chi connectivity index (χ0) is 16.6. The lowest BCUT2D eigenvalue weighted by atomic mass is 10.1. The fourth-order valence-electron chi connectivity index (χ4n) is 2.43. The molecule has 2 aromatic rings. The average molecular weight is 362 g/mol. The monoisotopic (exact) mass is 362 g/mol. The van der Waals surface area contributed by atoms with Crippen LogP contribution in [0.2, 0.25) is 0 Å². The van der Waals surface area contributed by atoms with Crippen LogP contribution in [0.4, 0.5) is 8.78 Å². The van der Waals surface area contributed by atoms with E-state index in [0.29, 0.717) is 18.8 Å². The molecule has 1 amide bonds. The largest absolute Gasteiger partial charge is 0.341 e. The number of alkyl halides is 2. The van der Waals surface area contributed by atoms with Crippen LogP contribution in [0.25, 0.3) is 0 Å². The molecule has 1 aliphatic rings. The first kappa shape index (κ1) is 16.0. The highest BCUT2D eigenvalue weighted by Crippen LogP contribution is 2.28. The molecular formula is C12H12F2N4O3S2. The van der Waals surface area contributed by atoms with Crippen molar-refractivity contribution in [3.05, 3.63) is 28.5 Å². The number of hydrogen-bond acceptors (Lipinski definition) is 6. The first-order valence-corrected chi connectivity index (χ1v) is 9.12. The number of fused-ring (bicyclic) bond motifs is 1. The number of halogens is 2. The Labute approximate surface area is 134 Å². The van der Waals surface area contributed by atoms with Gasteiger partial charge in [-0.3, -0.25) is 4.79 Å². The lowest BCUT2D eigenvalue weighted by Gasteiger charge is -2.23. The maximum absolute atomic E-state index is 12.7. The van der Waals surface area contributed by atoms with Gasteiger partial charge in [0.2, 0.25) is 9.84 Å². The van der Waals surface area contributed by atoms with Crippen molar-refractivity contribution in [3.8, 4) is 0 Å². The summed E-state index contributed by atoms with van der Waals surface area (Å²) in [7, 11) is -4.82. The molecule has 0 aromatic carbocycles. The second-order valence-electron chi connectivity index (χ2n) is 4.93. The molecule has 0 fully saturated rings. The van der Waals surface area contributed by atoms with Gasteiger partial charge in [-0.1, -0.05) is 0 Å². The summed E-state index contributed by atoms with van der Waals surface area (Å²) in [5, 5.41) is 7.97. The number of thiophene rings is 1. The SMILES string of the molecule is O=C(N[C@H]1CCCn2ncnc21)c1sccc1S(=O)(=O)C(F)F. The fourth-order valence-corrected chi connectivity index (χ4v) is 4.50. The summed E-state index contributed by atoms with van der Waals surface area (Å²) < 4.78 is 50.3. The number of carbonyl (C=O) groups excluding carboxylic acids is 1. The highest BCUT2D eigenvalue weighted by atomic mass is 32.2. The molecule has 0 bridgehead atoms. The predicted molar refractivity (Wildman–Crippen MR) is 77.0 cm³/mol. The van der Waals surface area contributed by atoms with Gasteiger partial charge in [-0.05, 0) is 24.3 Å². The molecule has 2 aromatic heterocycles. The molecule has 0 saturated carbocycles. The lowest BCUT2D eigenvalue weighted by molar-refractivity contribution is 0.0928. The van der Waals surface area contributed by atoms with E-state index in [1.165, 1.54) is 11.7 Å². The van der Waals surface area contributed by atoms with Crippen molar-refractivity contribution in [1.29, 1.82) is 0 Å². The van der Waals surface area contributed by atoms with Crippen molar-refractivity contribution in [2.24, 2.45) is 0 Å². The molecule has 11 heteroatoms. The van der Waals surface area contributed by atoms with E-state index in [4.69, 9.17) is 0 Å². The van der Waals surface area contributed by atoms with Crippen molar-refractivity contribution in [1.82, 2.24) is 20.1 Å². The average Bonchev–Trinajstić information content (AvgIpc) is 3.16. The standard InChI is InChI=1S/C12H12F2N4O3S2/c13-12(14)23(20,21)8-3-5-22-9(8)11(19)17-7-2-1-4-18-10(7)15-6-16-18/h3,5-7,12H,1-2,4H2,(H,17,19)/t7-/m0/s1. The van der Waals surface area contributed by atoms with E-state index in [9.17, 15) is 22.0 Å². The third-order valence-corrected chi connectivity index (χ3v) is 5.97. The van der Waals surface area contributed by atoms with E-state index < -0.39 is 32.4 Å². The Morgan fingerprint density at radius 1 is 1.48 bits per heavy atom. The number of sulfone groups is 1. The van der Waals surface area contributed by atoms with Crippen LogP contribution in [0.1, 0.15) is 34.4 Å². The molecule has 3 heterocycles. The topological polar surface area (TPSA) is 93.9 Å². The van der Waals surface area contributed by atoms with E-state index in [0.717, 1.165) is 23.8 Å². The summed E-state index contributed by atoms with van der Waals surface area (Å²) in [6.07, 6.45) is 2.76. The Morgan fingerprint density at radius 3 is 3.00 bits per heavy atom. The number of nitrogens with zero attached hydrogens (tertiary/aromatic N) is 3. The Morgan fingerprint density at radius 2 is 2.26 bits per heavy atom. The second-order valence-corrected chi connectivity index (χ2v) is 7.73. The minimum absolute atomic E-state index is 0.248. The van der Waals surface area contributed by atoms with Gasteiger partial charge < -0.3 is 5.32 Å². The van der Waals surface area contributed by atoms with Gasteiger partial charge in [0.25, 0.3) is 5.91 Å². The summed E-state index contributed by atoms with van der Waals surface area (Å²) >= 11 is 0.806. The van der Waals surface area contributed by atoms with Crippen molar-refractivity contribution >= 4 is 27.1 Å². The molecule has 0 unspecified atom stereocenters. The number of amides is 1. The Bertz CT molecular complexity index is 831. The fraction of sp³-hybridized carbons (Fsp3) is 0.417. The predicted octanol–water partition coefficient (Wildman–Crippen LogP) is 1.60. The zero-order valence-electron chi connectivity index (χ0n) is 11.6. The van der Waals surface area contributed by atoms with Gasteiger partial charge in [0, 0.05) is 6.54 Å². The molecule has 23 heavy (non-hydrogen) atoms. The third-order valence-electron chi connectivity index (χ3n) is 3.50. The van der Waals surface area contributed by atoms with Gasteiger partial charge in [0.1, 0.15) is 17.0 Å². The molecular weight excluding hydrogens is 350 g/mol. The summed E-state index contributed by atoms with van der Waals surface area (Å²) in [5.41, 5.74) is 0. The van der Waals surface area contributed by atoms with E-state index in [1.54, 1.807) is 4.68 Å². The molecule has 0 spiro atoms. The van der Waals surface area contributed by atoms with E-state index >= 15 is 0 Å². The van der Waals surface area contributed by atoms with Crippen LogP contribution in [-0.4, -0.2) is 34.8 Å². The van der Waals surface area contributed by atoms with Crippen molar-refractivity contribution in [2.75, 3.05) is 0 Å². The number of aromatic nitrogens is 3. The molecule has 1 N–H and O–H groups in total. The van der Waals surface area contributed by atoms with Crippen LogP contribution in [-0.2, 0) is 16.4 Å². The second kappa shape index (κ2) is 5.96. The van der Waals surface area contributed by atoms with Gasteiger partial charge in [0.05, 0.1) is 10.9 Å². The first-order chi connectivity index (χ1) is 10.9. The molecule has 7 nitrogen and oxygen atoms in total. The quantitative estimate of drug-likeness (QED) is 0.892. The highest BCUT2D eigenvalue weighted by Gasteiger charge is 2.33. The van der Waals surface area contributed by atoms with Crippen molar-refractivity contribution in [2.45, 2.75) is 36.1 Å². The number of hydrogen-bond donors (Lipinski definition) is 1. The molecule has 124 valence electrons. The van der Waals surface area contributed by atoms with Crippen LogP contribution in [0.3, 0.4) is 0 Å². The molecule has 0 saturated heterocycles. The Balaban J connectivity index is 1.86. The van der Waals surface area contributed by atoms with Gasteiger partial charge in [-0.2, -0.15) is 13.9 Å². The minimum atomic E-state index is -4.82. The summed E-state index contributed by atoms with van der Waals surface area (Å²) in [4.78, 5) is 15.5. The van der Waals surface area contributed by atoms with E-state index in [-0.39, 0.29) is 4.88 Å². The van der Waals surface area contributed by atoms with Crippen LogP contribution >= 0.6 is 11.3 Å². The molecule has 1 atom stereocenters. The highest BCUT2D eigenvalue weighted by molar-refractivity contribution is 7.92. The van der Waals surface area contributed by atoms with Gasteiger partial charge in [0.15, 0.2) is 0 Å². The normalized spacial score (nSPS) is 18.0. The van der Waals surface area contributed by atoms with Crippen LogP contribution in [0, 0.1) is 0 Å². The van der Waals surface area contributed by atoms with Crippen molar-refractivity contribution < 1.29 is 22.0 Å². The molecule has 0 aliphatic carbocycles. The number of nitrogens with one attached hydrogen (secondary N) is 1. The molecule has 3 rings (SSSR count). The van der Waals surface area contributed by atoms with Crippen molar-refractivity contribution in [3.63, 3.8) is 0 Å². The van der Waals surface area contributed by atoms with Crippen LogP contribution in [0.5, 0.6) is 0 Å². The van der Waals surface area contributed by atoms with E-state index in [1.807, 2.05) is 0 Å². The summed E-state index contributed by atoms with van der Waals surface area (Å²) in [6.45, 7) is 0.686. The van der Waals surface area contributed by atoms with Gasteiger partial charge in [-0.15, -0.1) is 11.3 Å². The smallest absolute Gasteiger partial charge is 0.341 e. The first-order valence-electron chi connectivity index (χ1n) is 6.69. The summed E-state index contributed by atoms with van der Waals surface area (Å²) in [5.74, 6) is -3.71. The summed E-state index contributed by atoms with van der Waals surface area (Å²) in [6, 6.07) is 0.590. The third kappa shape index (κ3) is 2.85. The minimum Gasteiger partial charge on any atom is -0.341 e. The number of aryl methyl sites for hydroxylation is 1. The lowest BCUT2D eigenvalue weighted by Crippen LogP contribution is -2.33. The maximum atomic E-state index is 12.7. The van der Waals surface area contributed by atoms with Crippen LogP contribution in [0.15, 0.2) is 22.7 Å². The number of rotatable bonds is 4. The molecule has 0 radical (unpaired) electrons. The van der Waals surface area contributed by atoms with E-state index in [2.05, 4.69) is 15.4 Å².